The van der Waals surface area contributed by atoms with Gasteiger partial charge in [-0.3, -0.25) is 4.57 Å². The SMILES string of the molecule is N#Cc1ccnc(-n2ccnc2-c2cccc(N)c2)n1. The van der Waals surface area contributed by atoms with Gasteiger partial charge >= 0.3 is 0 Å². The maximum absolute atomic E-state index is 8.90. The third-order valence-electron chi connectivity index (χ3n) is 2.76. The van der Waals surface area contributed by atoms with E-state index in [0.717, 1.165) is 5.56 Å². The van der Waals surface area contributed by atoms with Gasteiger partial charge in [0.15, 0.2) is 0 Å². The number of imidazole rings is 1. The second-order valence-corrected chi connectivity index (χ2v) is 4.10. The van der Waals surface area contributed by atoms with Crippen LogP contribution < -0.4 is 5.73 Å². The van der Waals surface area contributed by atoms with Crippen molar-refractivity contribution < 1.29 is 0 Å². The van der Waals surface area contributed by atoms with Gasteiger partial charge in [-0.15, -0.1) is 0 Å². The molecule has 0 radical (unpaired) electrons. The maximum atomic E-state index is 8.90. The van der Waals surface area contributed by atoms with Gasteiger partial charge in [0.05, 0.1) is 0 Å². The minimum Gasteiger partial charge on any atom is -0.399 e. The molecule has 1 aromatic carbocycles. The van der Waals surface area contributed by atoms with E-state index < -0.39 is 0 Å². The maximum Gasteiger partial charge on any atom is 0.236 e. The number of nitriles is 1. The monoisotopic (exact) mass is 262 g/mol. The van der Waals surface area contributed by atoms with E-state index in [1.54, 1.807) is 29.2 Å². The Kier molecular flexibility index (Phi) is 2.86. The number of nitrogens with two attached hydrogens (primary N) is 1. The van der Waals surface area contributed by atoms with Crippen LogP contribution in [-0.4, -0.2) is 19.5 Å². The molecule has 3 aromatic rings. The lowest BCUT2D eigenvalue weighted by Gasteiger charge is -2.06. The van der Waals surface area contributed by atoms with Gasteiger partial charge in [-0.1, -0.05) is 12.1 Å². The van der Waals surface area contributed by atoms with Gasteiger partial charge in [0, 0.05) is 29.8 Å². The van der Waals surface area contributed by atoms with Gasteiger partial charge in [0.2, 0.25) is 5.95 Å². The third-order valence-corrected chi connectivity index (χ3v) is 2.76. The van der Waals surface area contributed by atoms with Crippen molar-refractivity contribution in [2.24, 2.45) is 0 Å². The minimum absolute atomic E-state index is 0.308. The summed E-state index contributed by atoms with van der Waals surface area (Å²) in [5.74, 6) is 1.08. The fourth-order valence-electron chi connectivity index (χ4n) is 1.88. The third kappa shape index (κ3) is 2.08. The van der Waals surface area contributed by atoms with E-state index in [1.165, 1.54) is 0 Å². The quantitative estimate of drug-likeness (QED) is 0.710. The summed E-state index contributed by atoms with van der Waals surface area (Å²) < 4.78 is 1.72. The second kappa shape index (κ2) is 4.82. The molecule has 0 aliphatic carbocycles. The number of nitrogens with zero attached hydrogens (tertiary/aromatic N) is 5. The summed E-state index contributed by atoms with van der Waals surface area (Å²) in [4.78, 5) is 12.6. The predicted molar refractivity (Wildman–Crippen MR) is 73.7 cm³/mol. The van der Waals surface area contributed by atoms with Crippen LogP contribution in [0, 0.1) is 11.3 Å². The fourth-order valence-corrected chi connectivity index (χ4v) is 1.88. The average molecular weight is 262 g/mol. The molecule has 0 amide bonds. The number of nitrogen functional groups attached to an aromatic ring is 1. The Labute approximate surface area is 115 Å². The smallest absolute Gasteiger partial charge is 0.236 e. The lowest BCUT2D eigenvalue weighted by atomic mass is 10.2. The van der Waals surface area contributed by atoms with E-state index in [4.69, 9.17) is 11.0 Å². The van der Waals surface area contributed by atoms with Crippen LogP contribution >= 0.6 is 0 Å². The summed E-state index contributed by atoms with van der Waals surface area (Å²) in [5.41, 5.74) is 7.61. The molecule has 0 bridgehead atoms. The Bertz CT molecular complexity index is 799. The van der Waals surface area contributed by atoms with Crippen molar-refractivity contribution in [2.45, 2.75) is 0 Å². The summed E-state index contributed by atoms with van der Waals surface area (Å²) in [6.07, 6.45) is 4.94. The average Bonchev–Trinajstić information content (AvgIpc) is 2.97. The van der Waals surface area contributed by atoms with Gasteiger partial charge in [-0.2, -0.15) is 5.26 Å². The largest absolute Gasteiger partial charge is 0.399 e. The first-order valence-corrected chi connectivity index (χ1v) is 5.91. The molecule has 0 aliphatic rings. The molecule has 6 heteroatoms. The van der Waals surface area contributed by atoms with Gasteiger partial charge in [-0.25, -0.2) is 15.0 Å². The van der Waals surface area contributed by atoms with Crippen LogP contribution in [0.2, 0.25) is 0 Å². The van der Waals surface area contributed by atoms with E-state index in [1.807, 2.05) is 30.3 Å². The predicted octanol–water partition coefficient (Wildman–Crippen LogP) is 1.78. The zero-order valence-electron chi connectivity index (χ0n) is 10.4. The fraction of sp³-hybridized carbons (Fsp3) is 0. The van der Waals surface area contributed by atoms with Crippen molar-refractivity contribution in [1.82, 2.24) is 19.5 Å². The number of hydrogen-bond donors (Lipinski definition) is 1. The first-order chi connectivity index (χ1) is 9.78. The van der Waals surface area contributed by atoms with E-state index in [0.29, 0.717) is 23.2 Å². The summed E-state index contributed by atoms with van der Waals surface area (Å²) >= 11 is 0. The number of benzene rings is 1. The normalized spacial score (nSPS) is 10.2. The van der Waals surface area contributed by atoms with E-state index in [-0.39, 0.29) is 0 Å². The topological polar surface area (TPSA) is 93.4 Å². The molecule has 0 saturated heterocycles. The molecular weight excluding hydrogens is 252 g/mol. The highest BCUT2D eigenvalue weighted by atomic mass is 15.2. The summed E-state index contributed by atoms with van der Waals surface area (Å²) in [7, 11) is 0. The van der Waals surface area contributed by atoms with Crippen molar-refractivity contribution in [3.05, 3.63) is 54.6 Å². The Morgan fingerprint density at radius 3 is 2.85 bits per heavy atom. The molecule has 0 fully saturated rings. The Morgan fingerprint density at radius 1 is 1.15 bits per heavy atom. The summed E-state index contributed by atoms with van der Waals surface area (Å²) in [6, 6.07) is 10.9. The van der Waals surface area contributed by atoms with Crippen LogP contribution in [0.3, 0.4) is 0 Å². The summed E-state index contributed by atoms with van der Waals surface area (Å²) in [5, 5.41) is 8.90. The van der Waals surface area contributed by atoms with Crippen molar-refractivity contribution in [2.75, 3.05) is 5.73 Å². The van der Waals surface area contributed by atoms with Crippen LogP contribution in [0.5, 0.6) is 0 Å². The van der Waals surface area contributed by atoms with Gasteiger partial charge in [0.1, 0.15) is 17.6 Å². The van der Waals surface area contributed by atoms with Crippen molar-refractivity contribution >= 4 is 5.69 Å². The second-order valence-electron chi connectivity index (χ2n) is 4.10. The Balaban J connectivity index is 2.13. The molecular formula is C14H10N6. The molecule has 96 valence electrons. The highest BCUT2D eigenvalue weighted by molar-refractivity contribution is 5.62. The highest BCUT2D eigenvalue weighted by Crippen LogP contribution is 2.21. The summed E-state index contributed by atoms with van der Waals surface area (Å²) in [6.45, 7) is 0. The molecule has 6 nitrogen and oxygen atoms in total. The number of hydrogen-bond acceptors (Lipinski definition) is 5. The van der Waals surface area contributed by atoms with Crippen LogP contribution in [-0.2, 0) is 0 Å². The molecule has 20 heavy (non-hydrogen) atoms. The van der Waals surface area contributed by atoms with Gasteiger partial charge in [-0.05, 0) is 18.2 Å². The first kappa shape index (κ1) is 11.9. The van der Waals surface area contributed by atoms with E-state index in [9.17, 15) is 0 Å². The Morgan fingerprint density at radius 2 is 2.05 bits per heavy atom. The highest BCUT2D eigenvalue weighted by Gasteiger charge is 2.10. The molecule has 0 aliphatic heterocycles. The van der Waals surface area contributed by atoms with Crippen LogP contribution in [0.15, 0.2) is 48.9 Å². The number of anilines is 1. The number of aromatic nitrogens is 4. The van der Waals surface area contributed by atoms with Crippen LogP contribution in [0.1, 0.15) is 5.69 Å². The molecule has 2 N–H and O–H groups in total. The zero-order chi connectivity index (χ0) is 13.9. The van der Waals surface area contributed by atoms with Crippen molar-refractivity contribution in [1.29, 1.82) is 5.26 Å². The van der Waals surface area contributed by atoms with Gasteiger partial charge in [0.25, 0.3) is 0 Å². The molecule has 0 unspecified atom stereocenters. The first-order valence-electron chi connectivity index (χ1n) is 5.91. The lowest BCUT2D eigenvalue weighted by Crippen LogP contribution is -2.03. The van der Waals surface area contributed by atoms with Crippen molar-refractivity contribution in [3.63, 3.8) is 0 Å². The zero-order valence-corrected chi connectivity index (χ0v) is 10.4. The molecule has 0 saturated carbocycles. The molecule has 3 rings (SSSR count). The Hall–Kier alpha value is -3.20. The van der Waals surface area contributed by atoms with Crippen LogP contribution in [0.25, 0.3) is 17.3 Å². The van der Waals surface area contributed by atoms with Crippen LogP contribution in [0.4, 0.5) is 5.69 Å². The molecule has 2 heterocycles. The molecule has 2 aromatic heterocycles. The standard InChI is InChI=1S/C14H10N6/c15-9-12-4-5-18-14(19-12)20-7-6-17-13(20)10-2-1-3-11(16)8-10/h1-8H,16H2. The van der Waals surface area contributed by atoms with Crippen molar-refractivity contribution in [3.8, 4) is 23.4 Å². The number of rotatable bonds is 2. The minimum atomic E-state index is 0.308. The molecule has 0 spiro atoms. The molecule has 0 atom stereocenters. The van der Waals surface area contributed by atoms with Gasteiger partial charge < -0.3 is 5.73 Å². The van der Waals surface area contributed by atoms with E-state index >= 15 is 0 Å². The lowest BCUT2D eigenvalue weighted by molar-refractivity contribution is 0.926. The van der Waals surface area contributed by atoms with E-state index in [2.05, 4.69) is 15.0 Å².